The topological polar surface area (TPSA) is 98.7 Å². The highest BCUT2D eigenvalue weighted by Gasteiger charge is 2.18. The van der Waals surface area contributed by atoms with Gasteiger partial charge in [0.1, 0.15) is 0 Å². The van der Waals surface area contributed by atoms with Crippen LogP contribution in [-0.4, -0.2) is 34.9 Å². The van der Waals surface area contributed by atoms with E-state index in [1.807, 2.05) is 24.3 Å². The van der Waals surface area contributed by atoms with Gasteiger partial charge in [-0.25, -0.2) is 9.59 Å². The van der Waals surface area contributed by atoms with E-state index in [2.05, 4.69) is 26.6 Å². The fraction of sp³-hybridized carbons (Fsp3) is 0.143. The maximum Gasteiger partial charge on any atom is 0.328 e. The lowest BCUT2D eigenvalue weighted by Gasteiger charge is -2.13. The summed E-state index contributed by atoms with van der Waals surface area (Å²) in [7, 11) is 0. The summed E-state index contributed by atoms with van der Waals surface area (Å²) in [5, 5.41) is 24.2. The highest BCUT2D eigenvalue weighted by Crippen LogP contribution is 2.22. The third-order valence-electron chi connectivity index (χ3n) is 2.85. The minimum absolute atomic E-state index is 0.532. The Kier molecular flexibility index (Phi) is 4.77. The standard InChI is InChI=1S/C14H13BrN2O4/c15-10-3-1-9-6-11(4-2-8(9)5-10)16-14(21)17-12(7-18)13(19)20/h1-6,12,18H,7H2,(H,19,20)(H2,16,17,21). The molecule has 0 spiro atoms. The van der Waals surface area contributed by atoms with Crippen molar-refractivity contribution in [1.82, 2.24) is 5.32 Å². The second-order valence-corrected chi connectivity index (χ2v) is 5.29. The molecule has 2 rings (SSSR count). The number of aliphatic hydroxyl groups excluding tert-OH is 1. The van der Waals surface area contributed by atoms with Gasteiger partial charge in [-0.05, 0) is 35.0 Å². The zero-order valence-electron chi connectivity index (χ0n) is 10.8. The van der Waals surface area contributed by atoms with E-state index in [4.69, 9.17) is 10.2 Å². The molecule has 110 valence electrons. The lowest BCUT2D eigenvalue weighted by molar-refractivity contribution is -0.140. The van der Waals surface area contributed by atoms with Crippen LogP contribution in [0.1, 0.15) is 0 Å². The predicted octanol–water partition coefficient (Wildman–Crippen LogP) is 2.17. The van der Waals surface area contributed by atoms with Crippen LogP contribution in [0.25, 0.3) is 10.8 Å². The van der Waals surface area contributed by atoms with Crippen molar-refractivity contribution in [2.75, 3.05) is 11.9 Å². The number of carbonyl (C=O) groups excluding carboxylic acids is 1. The Labute approximate surface area is 128 Å². The van der Waals surface area contributed by atoms with Gasteiger partial charge in [0.25, 0.3) is 0 Å². The number of hydrogen-bond acceptors (Lipinski definition) is 3. The predicted molar refractivity (Wildman–Crippen MR) is 82.3 cm³/mol. The van der Waals surface area contributed by atoms with E-state index in [1.54, 1.807) is 12.1 Å². The van der Waals surface area contributed by atoms with Crippen LogP contribution in [0.5, 0.6) is 0 Å². The number of benzene rings is 2. The lowest BCUT2D eigenvalue weighted by atomic mass is 10.1. The van der Waals surface area contributed by atoms with Crippen LogP contribution in [0, 0.1) is 0 Å². The Bertz CT molecular complexity index is 690. The third kappa shape index (κ3) is 3.93. The molecule has 0 heterocycles. The number of carboxylic acids is 1. The first kappa shape index (κ1) is 15.3. The molecule has 2 aromatic carbocycles. The van der Waals surface area contributed by atoms with Gasteiger partial charge in [0, 0.05) is 10.2 Å². The highest BCUT2D eigenvalue weighted by molar-refractivity contribution is 9.10. The second kappa shape index (κ2) is 6.55. The first-order valence-electron chi connectivity index (χ1n) is 6.10. The number of aliphatic hydroxyl groups is 1. The molecule has 0 aliphatic carbocycles. The molecule has 1 unspecified atom stereocenters. The quantitative estimate of drug-likeness (QED) is 0.677. The molecule has 0 saturated heterocycles. The van der Waals surface area contributed by atoms with Crippen molar-refractivity contribution in [3.8, 4) is 0 Å². The van der Waals surface area contributed by atoms with Gasteiger partial charge in [0.05, 0.1) is 6.61 Å². The van der Waals surface area contributed by atoms with Crippen LogP contribution in [0.15, 0.2) is 40.9 Å². The molecule has 2 aromatic rings. The van der Waals surface area contributed by atoms with Crippen molar-refractivity contribution in [2.45, 2.75) is 6.04 Å². The monoisotopic (exact) mass is 352 g/mol. The van der Waals surface area contributed by atoms with E-state index in [0.29, 0.717) is 5.69 Å². The molecule has 0 bridgehead atoms. The van der Waals surface area contributed by atoms with Crippen molar-refractivity contribution >= 4 is 44.4 Å². The number of urea groups is 1. The summed E-state index contributed by atoms with van der Waals surface area (Å²) < 4.78 is 0.959. The van der Waals surface area contributed by atoms with Crippen molar-refractivity contribution < 1.29 is 19.8 Å². The Hall–Kier alpha value is -2.12. The van der Waals surface area contributed by atoms with Gasteiger partial charge in [0.2, 0.25) is 0 Å². The molecule has 1 atom stereocenters. The number of halogens is 1. The summed E-state index contributed by atoms with van der Waals surface area (Å²) in [6.45, 7) is -0.672. The van der Waals surface area contributed by atoms with Gasteiger partial charge >= 0.3 is 12.0 Å². The van der Waals surface area contributed by atoms with E-state index in [1.165, 1.54) is 0 Å². The van der Waals surface area contributed by atoms with Crippen LogP contribution in [0.4, 0.5) is 10.5 Å². The summed E-state index contributed by atoms with van der Waals surface area (Å²) in [5.41, 5.74) is 0.532. The van der Waals surface area contributed by atoms with E-state index in [0.717, 1.165) is 15.2 Å². The van der Waals surface area contributed by atoms with Gasteiger partial charge in [-0.1, -0.05) is 28.1 Å². The zero-order valence-corrected chi connectivity index (χ0v) is 12.4. The maximum absolute atomic E-state index is 11.7. The Balaban J connectivity index is 2.10. The first-order chi connectivity index (χ1) is 9.99. The Morgan fingerprint density at radius 2 is 1.81 bits per heavy atom. The number of carboxylic acid groups (broad SMARTS) is 1. The highest BCUT2D eigenvalue weighted by atomic mass is 79.9. The number of carbonyl (C=O) groups is 2. The SMILES string of the molecule is O=C(Nc1ccc2cc(Br)ccc2c1)NC(CO)C(=O)O. The summed E-state index contributed by atoms with van der Waals surface area (Å²) in [4.78, 5) is 22.4. The van der Waals surface area contributed by atoms with Crippen molar-refractivity contribution in [2.24, 2.45) is 0 Å². The molecule has 2 amide bonds. The summed E-state index contributed by atoms with van der Waals surface area (Å²) in [6, 6.07) is 9.05. The average Bonchev–Trinajstić information content (AvgIpc) is 2.44. The second-order valence-electron chi connectivity index (χ2n) is 4.38. The fourth-order valence-corrected chi connectivity index (χ4v) is 2.18. The van der Waals surface area contributed by atoms with Gasteiger partial charge in [-0.3, -0.25) is 0 Å². The van der Waals surface area contributed by atoms with E-state index < -0.39 is 24.6 Å². The van der Waals surface area contributed by atoms with Gasteiger partial charge < -0.3 is 20.8 Å². The van der Waals surface area contributed by atoms with E-state index in [-0.39, 0.29) is 0 Å². The molecule has 0 aliphatic heterocycles. The molecule has 21 heavy (non-hydrogen) atoms. The van der Waals surface area contributed by atoms with Crippen LogP contribution in [-0.2, 0) is 4.79 Å². The summed E-state index contributed by atoms with van der Waals surface area (Å²) in [5.74, 6) is -1.30. The number of aliphatic carboxylic acids is 1. The first-order valence-corrected chi connectivity index (χ1v) is 6.89. The normalized spacial score (nSPS) is 11.9. The smallest absolute Gasteiger partial charge is 0.328 e. The van der Waals surface area contributed by atoms with Gasteiger partial charge in [-0.2, -0.15) is 0 Å². The van der Waals surface area contributed by atoms with Crippen molar-refractivity contribution in [3.05, 3.63) is 40.9 Å². The van der Waals surface area contributed by atoms with Gasteiger partial charge in [0.15, 0.2) is 6.04 Å². The van der Waals surface area contributed by atoms with Crippen molar-refractivity contribution in [3.63, 3.8) is 0 Å². The molecular formula is C14H13BrN2O4. The van der Waals surface area contributed by atoms with Crippen molar-refractivity contribution in [1.29, 1.82) is 0 Å². The van der Waals surface area contributed by atoms with Crippen LogP contribution < -0.4 is 10.6 Å². The number of hydrogen-bond donors (Lipinski definition) is 4. The molecule has 7 heteroatoms. The molecule has 0 saturated carbocycles. The zero-order chi connectivity index (χ0) is 15.4. The average molecular weight is 353 g/mol. The molecule has 0 aliphatic rings. The minimum atomic E-state index is -1.33. The summed E-state index contributed by atoms with van der Waals surface area (Å²) >= 11 is 3.38. The largest absolute Gasteiger partial charge is 0.480 e. The molecule has 4 N–H and O–H groups in total. The van der Waals surface area contributed by atoms with Crippen LogP contribution in [0.3, 0.4) is 0 Å². The van der Waals surface area contributed by atoms with E-state index >= 15 is 0 Å². The third-order valence-corrected chi connectivity index (χ3v) is 3.34. The Morgan fingerprint density at radius 3 is 2.48 bits per heavy atom. The van der Waals surface area contributed by atoms with Gasteiger partial charge in [-0.15, -0.1) is 0 Å². The molecular weight excluding hydrogens is 340 g/mol. The Morgan fingerprint density at radius 1 is 1.14 bits per heavy atom. The molecule has 0 radical (unpaired) electrons. The van der Waals surface area contributed by atoms with Crippen LogP contribution >= 0.6 is 15.9 Å². The molecule has 0 fully saturated rings. The number of nitrogens with one attached hydrogen (secondary N) is 2. The number of amides is 2. The minimum Gasteiger partial charge on any atom is -0.480 e. The maximum atomic E-state index is 11.7. The number of anilines is 1. The summed E-state index contributed by atoms with van der Waals surface area (Å²) in [6.07, 6.45) is 0. The van der Waals surface area contributed by atoms with Crippen LogP contribution in [0.2, 0.25) is 0 Å². The fourth-order valence-electron chi connectivity index (χ4n) is 1.81. The molecule has 6 nitrogen and oxygen atoms in total. The molecule has 0 aromatic heterocycles. The lowest BCUT2D eigenvalue weighted by Crippen LogP contribution is -2.45. The van der Waals surface area contributed by atoms with E-state index in [9.17, 15) is 9.59 Å². The number of rotatable bonds is 4. The number of fused-ring (bicyclic) bond motifs is 1.